The molecule has 168 valence electrons. The zero-order valence-electron chi connectivity index (χ0n) is 17.6. The van der Waals surface area contributed by atoms with Crippen LogP contribution >= 0.6 is 0 Å². The number of hydrazone groups is 1. The topological polar surface area (TPSA) is 130 Å². The largest absolute Gasteiger partial charge is 0.463 e. The van der Waals surface area contributed by atoms with Gasteiger partial charge in [-0.2, -0.15) is 5.10 Å². The Kier molecular flexibility index (Phi) is 6.55. The molecular weight excluding hydrogens is 436 g/mol. The molecule has 3 N–H and O–H groups in total. The quantitative estimate of drug-likeness (QED) is 0.242. The predicted octanol–water partition coefficient (Wildman–Crippen LogP) is 3.13. The summed E-state index contributed by atoms with van der Waals surface area (Å²) in [6.45, 7) is 0. The first-order valence-corrected chi connectivity index (χ1v) is 10.1. The van der Waals surface area contributed by atoms with E-state index in [9.17, 15) is 19.2 Å². The van der Waals surface area contributed by atoms with E-state index in [-0.39, 0.29) is 22.2 Å². The van der Waals surface area contributed by atoms with Crippen molar-refractivity contribution < 1.29 is 18.8 Å². The maximum atomic E-state index is 12.6. The highest BCUT2D eigenvalue weighted by Gasteiger charge is 2.18. The van der Waals surface area contributed by atoms with Crippen molar-refractivity contribution in [1.82, 2.24) is 5.43 Å². The van der Waals surface area contributed by atoms with Gasteiger partial charge in [0.2, 0.25) is 5.43 Å². The van der Waals surface area contributed by atoms with E-state index in [2.05, 4.69) is 21.2 Å². The van der Waals surface area contributed by atoms with Gasteiger partial charge in [0.15, 0.2) is 0 Å². The molecule has 0 atom stereocenters. The molecule has 0 bridgehead atoms. The summed E-state index contributed by atoms with van der Waals surface area (Å²) in [4.78, 5) is 49.5. The van der Waals surface area contributed by atoms with Crippen LogP contribution in [0, 0.1) is 0 Å². The minimum atomic E-state index is -1.08. The maximum absolute atomic E-state index is 12.6. The van der Waals surface area contributed by atoms with Gasteiger partial charge in [0, 0.05) is 5.69 Å². The fourth-order valence-corrected chi connectivity index (χ4v) is 3.08. The van der Waals surface area contributed by atoms with Crippen molar-refractivity contribution >= 4 is 46.3 Å². The van der Waals surface area contributed by atoms with Crippen LogP contribution in [0.5, 0.6) is 0 Å². The summed E-state index contributed by atoms with van der Waals surface area (Å²) in [5.41, 5.74) is 3.14. The van der Waals surface area contributed by atoms with E-state index in [1.54, 1.807) is 60.7 Å². The Balaban J connectivity index is 1.42. The molecule has 0 radical (unpaired) electrons. The molecular formula is C25H18N4O5. The van der Waals surface area contributed by atoms with Gasteiger partial charge in [0.05, 0.1) is 28.4 Å². The first-order valence-electron chi connectivity index (χ1n) is 10.1. The Morgan fingerprint density at radius 3 is 2.32 bits per heavy atom. The highest BCUT2D eigenvalue weighted by atomic mass is 16.3. The molecule has 0 aliphatic heterocycles. The number of carbonyl (C=O) groups excluding carboxylic acids is 3. The average Bonchev–Trinajstić information content (AvgIpc) is 2.86. The van der Waals surface area contributed by atoms with Crippen LogP contribution in [0.3, 0.4) is 0 Å². The van der Waals surface area contributed by atoms with Gasteiger partial charge in [-0.05, 0) is 36.4 Å². The van der Waals surface area contributed by atoms with Crippen LogP contribution in [-0.2, 0) is 9.59 Å². The van der Waals surface area contributed by atoms with E-state index in [0.717, 1.165) is 6.21 Å². The summed E-state index contributed by atoms with van der Waals surface area (Å²) >= 11 is 0. The molecule has 1 heterocycles. The van der Waals surface area contributed by atoms with Crippen LogP contribution in [0.2, 0.25) is 0 Å². The fourth-order valence-electron chi connectivity index (χ4n) is 3.08. The van der Waals surface area contributed by atoms with Crippen LogP contribution in [0.25, 0.3) is 11.0 Å². The molecule has 34 heavy (non-hydrogen) atoms. The second kappa shape index (κ2) is 10.0. The molecule has 1 aromatic heterocycles. The summed E-state index contributed by atoms with van der Waals surface area (Å²) in [6.07, 6.45) is 2.30. The van der Waals surface area contributed by atoms with Crippen molar-refractivity contribution in [2.45, 2.75) is 0 Å². The standard InChI is InChI=1S/C25H18N4O5/c30-22-16(15-34-21-13-7-5-11-19(21)22)14-26-29-25(33)24(32)28-20-12-6-4-10-18(20)23(31)27-17-8-2-1-3-9-17/h1-15H,(H,27,31)(H,28,32)(H,29,33). The lowest BCUT2D eigenvalue weighted by atomic mass is 10.1. The molecule has 0 spiro atoms. The summed E-state index contributed by atoms with van der Waals surface area (Å²) in [6, 6.07) is 21.8. The van der Waals surface area contributed by atoms with E-state index in [4.69, 9.17) is 4.42 Å². The number of nitrogens with zero attached hydrogens (tertiary/aromatic N) is 1. The number of benzene rings is 3. The van der Waals surface area contributed by atoms with Gasteiger partial charge in [-0.1, -0.05) is 42.5 Å². The Labute approximate surface area is 193 Å². The van der Waals surface area contributed by atoms with Crippen molar-refractivity contribution in [3.8, 4) is 0 Å². The van der Waals surface area contributed by atoms with E-state index in [1.807, 2.05) is 6.07 Å². The molecule has 3 amide bonds. The molecule has 0 aliphatic carbocycles. The van der Waals surface area contributed by atoms with Crippen molar-refractivity contribution in [3.63, 3.8) is 0 Å². The molecule has 4 rings (SSSR count). The number of hydrogen-bond donors (Lipinski definition) is 3. The molecule has 0 fully saturated rings. The number of anilines is 2. The monoisotopic (exact) mass is 454 g/mol. The molecule has 9 heteroatoms. The van der Waals surface area contributed by atoms with Gasteiger partial charge in [0.25, 0.3) is 5.91 Å². The van der Waals surface area contributed by atoms with Gasteiger partial charge in [-0.25, -0.2) is 5.43 Å². The Bertz CT molecular complexity index is 1460. The summed E-state index contributed by atoms with van der Waals surface area (Å²) in [5.74, 6) is -2.58. The minimum absolute atomic E-state index is 0.0994. The van der Waals surface area contributed by atoms with Crippen LogP contribution < -0.4 is 21.5 Å². The number of carbonyl (C=O) groups is 3. The van der Waals surface area contributed by atoms with Crippen LogP contribution in [0.4, 0.5) is 11.4 Å². The summed E-state index contributed by atoms with van der Waals surface area (Å²) < 4.78 is 5.36. The highest BCUT2D eigenvalue weighted by Crippen LogP contribution is 2.17. The lowest BCUT2D eigenvalue weighted by Gasteiger charge is -2.11. The lowest BCUT2D eigenvalue weighted by molar-refractivity contribution is -0.136. The third kappa shape index (κ3) is 5.05. The third-order valence-electron chi connectivity index (χ3n) is 4.73. The van der Waals surface area contributed by atoms with Gasteiger partial charge < -0.3 is 15.1 Å². The number of hydrogen-bond acceptors (Lipinski definition) is 6. The lowest BCUT2D eigenvalue weighted by Crippen LogP contribution is -2.33. The fraction of sp³-hybridized carbons (Fsp3) is 0. The zero-order valence-corrected chi connectivity index (χ0v) is 17.6. The highest BCUT2D eigenvalue weighted by molar-refractivity contribution is 6.40. The smallest absolute Gasteiger partial charge is 0.329 e. The Hall–Kier alpha value is -5.05. The first-order chi connectivity index (χ1) is 16.5. The first kappa shape index (κ1) is 22.2. The summed E-state index contributed by atoms with van der Waals surface area (Å²) in [5, 5.41) is 9.14. The van der Waals surface area contributed by atoms with Crippen LogP contribution in [-0.4, -0.2) is 23.9 Å². The predicted molar refractivity (Wildman–Crippen MR) is 128 cm³/mol. The van der Waals surface area contributed by atoms with Gasteiger partial charge in [0.1, 0.15) is 11.8 Å². The SMILES string of the molecule is O=C(NN=Cc1coc2ccccc2c1=O)C(=O)Nc1ccccc1C(=O)Nc1ccccc1. The molecule has 0 aliphatic rings. The third-order valence-corrected chi connectivity index (χ3v) is 4.73. The van der Waals surface area contributed by atoms with E-state index >= 15 is 0 Å². The van der Waals surface area contributed by atoms with E-state index in [0.29, 0.717) is 16.7 Å². The average molecular weight is 454 g/mol. The second-order valence-corrected chi connectivity index (χ2v) is 7.04. The molecule has 0 unspecified atom stereocenters. The molecule has 4 aromatic rings. The number of amides is 3. The van der Waals surface area contributed by atoms with Gasteiger partial charge in [-0.15, -0.1) is 0 Å². The molecule has 3 aromatic carbocycles. The van der Waals surface area contributed by atoms with Crippen molar-refractivity contribution in [2.24, 2.45) is 5.10 Å². The summed E-state index contributed by atoms with van der Waals surface area (Å²) in [7, 11) is 0. The van der Waals surface area contributed by atoms with Gasteiger partial charge >= 0.3 is 11.8 Å². The number of rotatable bonds is 5. The molecule has 0 saturated heterocycles. The Morgan fingerprint density at radius 2 is 1.50 bits per heavy atom. The van der Waals surface area contributed by atoms with Crippen LogP contribution in [0.15, 0.2) is 99.4 Å². The van der Waals surface area contributed by atoms with E-state index in [1.165, 1.54) is 18.4 Å². The number of fused-ring (bicyclic) bond motifs is 1. The van der Waals surface area contributed by atoms with E-state index < -0.39 is 17.7 Å². The van der Waals surface area contributed by atoms with Crippen molar-refractivity contribution in [2.75, 3.05) is 10.6 Å². The second-order valence-electron chi connectivity index (χ2n) is 7.04. The molecule has 0 saturated carbocycles. The Morgan fingerprint density at radius 1 is 0.794 bits per heavy atom. The normalized spacial score (nSPS) is 10.7. The maximum Gasteiger partial charge on any atom is 0.329 e. The number of para-hydroxylation sites is 3. The molecule has 9 nitrogen and oxygen atoms in total. The van der Waals surface area contributed by atoms with Crippen molar-refractivity contribution in [3.05, 3.63) is 106 Å². The minimum Gasteiger partial charge on any atom is -0.463 e. The van der Waals surface area contributed by atoms with Crippen LogP contribution in [0.1, 0.15) is 15.9 Å². The zero-order chi connectivity index (χ0) is 23.9. The number of nitrogens with one attached hydrogen (secondary N) is 3. The van der Waals surface area contributed by atoms with Gasteiger partial charge in [-0.3, -0.25) is 19.2 Å². The van der Waals surface area contributed by atoms with Crippen molar-refractivity contribution in [1.29, 1.82) is 0 Å².